The first-order chi connectivity index (χ1) is 14.2. The molecular formula is C22H25N3O3S. The Balaban J connectivity index is 1.76. The Bertz CT molecular complexity index is 943. The molecule has 0 N–H and O–H groups in total. The number of carbonyl (C=O) groups is 1. The Morgan fingerprint density at radius 2 is 1.76 bits per heavy atom. The van der Waals surface area contributed by atoms with E-state index in [-0.39, 0.29) is 11.8 Å². The number of aromatic nitrogens is 2. The SMILES string of the molecule is COc1ccc(OC)c2sc(N(Cc3ccncc3)C(=O)C3CCCCC3)nc12. The number of benzene rings is 1. The first-order valence-corrected chi connectivity index (χ1v) is 10.7. The van der Waals surface area contributed by atoms with Crippen LogP contribution in [0.3, 0.4) is 0 Å². The van der Waals surface area contributed by atoms with Gasteiger partial charge in [-0.3, -0.25) is 14.7 Å². The standard InChI is InChI=1S/C22H25N3O3S/c1-27-17-8-9-18(28-2)20-19(17)24-22(29-20)25(14-15-10-12-23-13-11-15)21(26)16-6-4-3-5-7-16/h8-13,16H,3-7,14H2,1-2H3. The maximum atomic E-state index is 13.5. The summed E-state index contributed by atoms with van der Waals surface area (Å²) in [7, 11) is 3.27. The fourth-order valence-electron chi connectivity index (χ4n) is 3.87. The van der Waals surface area contributed by atoms with E-state index in [2.05, 4.69) is 4.98 Å². The van der Waals surface area contributed by atoms with Crippen molar-refractivity contribution in [3.05, 3.63) is 42.2 Å². The fourth-order valence-corrected chi connectivity index (χ4v) is 4.95. The van der Waals surface area contributed by atoms with Gasteiger partial charge in [0.2, 0.25) is 5.91 Å². The molecule has 4 rings (SSSR count). The van der Waals surface area contributed by atoms with E-state index in [1.807, 2.05) is 29.2 Å². The summed E-state index contributed by atoms with van der Waals surface area (Å²) in [5.74, 6) is 1.62. The molecule has 1 saturated carbocycles. The summed E-state index contributed by atoms with van der Waals surface area (Å²) in [5, 5.41) is 0.676. The van der Waals surface area contributed by atoms with E-state index >= 15 is 0 Å². The summed E-state index contributed by atoms with van der Waals surface area (Å²) >= 11 is 1.47. The highest BCUT2D eigenvalue weighted by atomic mass is 32.1. The number of nitrogens with zero attached hydrogens (tertiary/aromatic N) is 3. The highest BCUT2D eigenvalue weighted by Gasteiger charge is 2.29. The van der Waals surface area contributed by atoms with Crippen LogP contribution in [0.1, 0.15) is 37.7 Å². The Labute approximate surface area is 174 Å². The molecule has 0 aliphatic heterocycles. The minimum absolute atomic E-state index is 0.0568. The number of rotatable bonds is 6. The Morgan fingerprint density at radius 1 is 1.07 bits per heavy atom. The smallest absolute Gasteiger partial charge is 0.232 e. The summed E-state index contributed by atoms with van der Waals surface area (Å²) in [6.07, 6.45) is 8.84. The molecule has 2 aromatic heterocycles. The fraction of sp³-hybridized carbons (Fsp3) is 0.409. The van der Waals surface area contributed by atoms with Gasteiger partial charge in [-0.05, 0) is 42.7 Å². The molecule has 1 fully saturated rings. The quantitative estimate of drug-likeness (QED) is 0.582. The van der Waals surface area contributed by atoms with E-state index in [0.717, 1.165) is 47.2 Å². The van der Waals surface area contributed by atoms with Gasteiger partial charge >= 0.3 is 0 Å². The molecule has 6 nitrogen and oxygen atoms in total. The predicted octanol–water partition coefficient (Wildman–Crippen LogP) is 4.82. The molecular weight excluding hydrogens is 386 g/mol. The molecule has 0 saturated heterocycles. The third kappa shape index (κ3) is 4.05. The lowest BCUT2D eigenvalue weighted by Crippen LogP contribution is -2.36. The van der Waals surface area contributed by atoms with Crippen LogP contribution in [-0.2, 0) is 11.3 Å². The van der Waals surface area contributed by atoms with Crippen molar-refractivity contribution < 1.29 is 14.3 Å². The van der Waals surface area contributed by atoms with Crippen LogP contribution in [0, 0.1) is 5.92 Å². The largest absolute Gasteiger partial charge is 0.495 e. The summed E-state index contributed by atoms with van der Waals surface area (Å²) in [4.78, 5) is 24.2. The Morgan fingerprint density at radius 3 is 2.45 bits per heavy atom. The van der Waals surface area contributed by atoms with Crippen molar-refractivity contribution in [3.63, 3.8) is 0 Å². The topological polar surface area (TPSA) is 64.6 Å². The molecule has 152 valence electrons. The normalized spacial score (nSPS) is 14.7. The van der Waals surface area contributed by atoms with Crippen LogP contribution in [-0.4, -0.2) is 30.1 Å². The lowest BCUT2D eigenvalue weighted by molar-refractivity contribution is -0.123. The zero-order valence-electron chi connectivity index (χ0n) is 16.8. The van der Waals surface area contributed by atoms with Crippen molar-refractivity contribution in [1.82, 2.24) is 9.97 Å². The molecule has 1 aliphatic rings. The molecule has 0 spiro atoms. The van der Waals surface area contributed by atoms with E-state index < -0.39 is 0 Å². The summed E-state index contributed by atoms with van der Waals surface area (Å²) in [6, 6.07) is 7.60. The van der Waals surface area contributed by atoms with Crippen molar-refractivity contribution in [2.75, 3.05) is 19.1 Å². The summed E-state index contributed by atoms with van der Waals surface area (Å²) in [5.41, 5.74) is 1.75. The monoisotopic (exact) mass is 411 g/mol. The number of pyridine rings is 1. The van der Waals surface area contributed by atoms with Gasteiger partial charge in [0.05, 0.1) is 20.8 Å². The van der Waals surface area contributed by atoms with E-state index in [1.165, 1.54) is 17.8 Å². The number of methoxy groups -OCH3 is 2. The number of anilines is 1. The minimum atomic E-state index is 0.0568. The molecule has 1 aromatic carbocycles. The number of thiazole rings is 1. The van der Waals surface area contributed by atoms with Crippen molar-refractivity contribution in [2.24, 2.45) is 5.92 Å². The highest BCUT2D eigenvalue weighted by Crippen LogP contribution is 2.41. The summed E-state index contributed by atoms with van der Waals surface area (Å²) in [6.45, 7) is 0.475. The van der Waals surface area contributed by atoms with Gasteiger partial charge in [-0.25, -0.2) is 4.98 Å². The molecule has 0 bridgehead atoms. The van der Waals surface area contributed by atoms with E-state index in [4.69, 9.17) is 14.5 Å². The van der Waals surface area contributed by atoms with Crippen molar-refractivity contribution >= 4 is 32.6 Å². The molecule has 0 atom stereocenters. The Kier molecular flexibility index (Phi) is 5.94. The van der Waals surface area contributed by atoms with Gasteiger partial charge in [-0.15, -0.1) is 0 Å². The van der Waals surface area contributed by atoms with Crippen molar-refractivity contribution in [1.29, 1.82) is 0 Å². The van der Waals surface area contributed by atoms with Crippen LogP contribution in [0.15, 0.2) is 36.7 Å². The van der Waals surface area contributed by atoms with E-state index in [1.54, 1.807) is 26.6 Å². The number of hydrogen-bond donors (Lipinski definition) is 0. The van der Waals surface area contributed by atoms with Crippen LogP contribution in [0.2, 0.25) is 0 Å². The highest BCUT2D eigenvalue weighted by molar-refractivity contribution is 7.22. The third-order valence-corrected chi connectivity index (χ3v) is 6.53. The average Bonchev–Trinajstić information content (AvgIpc) is 3.23. The maximum absolute atomic E-state index is 13.5. The molecule has 7 heteroatoms. The van der Waals surface area contributed by atoms with Gasteiger partial charge in [0.15, 0.2) is 5.13 Å². The summed E-state index contributed by atoms with van der Waals surface area (Å²) < 4.78 is 11.9. The lowest BCUT2D eigenvalue weighted by atomic mass is 9.88. The van der Waals surface area contributed by atoms with E-state index in [9.17, 15) is 4.79 Å². The van der Waals surface area contributed by atoms with Crippen LogP contribution in [0.25, 0.3) is 10.2 Å². The van der Waals surface area contributed by atoms with Crippen molar-refractivity contribution in [3.8, 4) is 11.5 Å². The molecule has 1 amide bonds. The number of carbonyl (C=O) groups excluding carboxylic acids is 1. The zero-order chi connectivity index (χ0) is 20.2. The number of fused-ring (bicyclic) bond motifs is 1. The first-order valence-electron chi connectivity index (χ1n) is 9.93. The predicted molar refractivity (Wildman–Crippen MR) is 115 cm³/mol. The van der Waals surface area contributed by atoms with Crippen LogP contribution in [0.5, 0.6) is 11.5 Å². The molecule has 3 aromatic rings. The maximum Gasteiger partial charge on any atom is 0.232 e. The van der Waals surface area contributed by atoms with Gasteiger partial charge in [0.1, 0.15) is 21.7 Å². The first kappa shape index (κ1) is 19.6. The number of hydrogen-bond acceptors (Lipinski definition) is 6. The zero-order valence-corrected chi connectivity index (χ0v) is 17.6. The Hall–Kier alpha value is -2.67. The van der Waals surface area contributed by atoms with Gasteiger partial charge in [0.25, 0.3) is 0 Å². The van der Waals surface area contributed by atoms with Gasteiger partial charge in [0, 0.05) is 18.3 Å². The molecule has 29 heavy (non-hydrogen) atoms. The minimum Gasteiger partial charge on any atom is -0.495 e. The lowest BCUT2D eigenvalue weighted by Gasteiger charge is -2.27. The van der Waals surface area contributed by atoms with Crippen LogP contribution >= 0.6 is 11.3 Å². The van der Waals surface area contributed by atoms with Gasteiger partial charge in [-0.1, -0.05) is 30.6 Å². The number of ether oxygens (including phenoxy) is 2. The van der Waals surface area contributed by atoms with Gasteiger partial charge < -0.3 is 9.47 Å². The number of amides is 1. The molecule has 2 heterocycles. The molecule has 0 radical (unpaired) electrons. The van der Waals surface area contributed by atoms with Crippen LogP contribution in [0.4, 0.5) is 5.13 Å². The molecule has 0 unspecified atom stereocenters. The average molecular weight is 412 g/mol. The third-order valence-electron chi connectivity index (χ3n) is 5.44. The van der Waals surface area contributed by atoms with Gasteiger partial charge in [-0.2, -0.15) is 0 Å². The van der Waals surface area contributed by atoms with E-state index in [0.29, 0.717) is 17.4 Å². The second-order valence-corrected chi connectivity index (χ2v) is 8.24. The van der Waals surface area contributed by atoms with Crippen molar-refractivity contribution in [2.45, 2.75) is 38.6 Å². The molecule has 1 aliphatic carbocycles. The second-order valence-electron chi connectivity index (χ2n) is 7.26. The van der Waals surface area contributed by atoms with Crippen LogP contribution < -0.4 is 14.4 Å². The second kappa shape index (κ2) is 8.78.